The first kappa shape index (κ1) is 25.4. The van der Waals surface area contributed by atoms with Gasteiger partial charge in [0.15, 0.2) is 0 Å². The highest BCUT2D eigenvalue weighted by atomic mass is 16.5. The molecule has 174 valence electrons. The standard InChI is InChI=1S/C25H35N3O4/c1-5-16-25(2,24(30)31)28(4)18-9-17-27(3)19-23(29)26-20-12-14-22(15-13-20)32-21-10-7-6-8-11-21/h6-8,10-15H,5,9,16-19H2,1-4H3,(H,26,29)(H,30,31). The van der Waals surface area contributed by atoms with Gasteiger partial charge >= 0.3 is 5.97 Å². The number of rotatable bonds is 13. The number of nitrogens with one attached hydrogen (secondary N) is 1. The lowest BCUT2D eigenvalue weighted by atomic mass is 9.94. The third-order valence-corrected chi connectivity index (χ3v) is 5.60. The molecule has 2 rings (SSSR count). The van der Waals surface area contributed by atoms with Gasteiger partial charge in [0.1, 0.15) is 17.0 Å². The Morgan fingerprint density at radius 1 is 1.00 bits per heavy atom. The van der Waals surface area contributed by atoms with Crippen molar-refractivity contribution in [2.45, 2.75) is 38.6 Å². The zero-order chi connectivity index (χ0) is 23.6. The second-order valence-electron chi connectivity index (χ2n) is 8.33. The molecule has 0 bridgehead atoms. The highest BCUT2D eigenvalue weighted by Crippen LogP contribution is 2.23. The molecule has 0 aliphatic rings. The first-order valence-electron chi connectivity index (χ1n) is 11.0. The van der Waals surface area contributed by atoms with Crippen molar-refractivity contribution in [3.05, 3.63) is 54.6 Å². The summed E-state index contributed by atoms with van der Waals surface area (Å²) in [6.45, 7) is 5.37. The summed E-state index contributed by atoms with van der Waals surface area (Å²) in [4.78, 5) is 27.9. The molecular formula is C25H35N3O4. The largest absolute Gasteiger partial charge is 0.480 e. The maximum Gasteiger partial charge on any atom is 0.323 e. The van der Waals surface area contributed by atoms with Crippen LogP contribution in [-0.2, 0) is 9.59 Å². The normalized spacial score (nSPS) is 13.1. The number of carboxylic acids is 1. The average molecular weight is 442 g/mol. The van der Waals surface area contributed by atoms with E-state index in [2.05, 4.69) is 5.32 Å². The topological polar surface area (TPSA) is 82.1 Å². The van der Waals surface area contributed by atoms with Gasteiger partial charge in [0.25, 0.3) is 0 Å². The predicted molar refractivity (Wildman–Crippen MR) is 127 cm³/mol. The molecule has 1 unspecified atom stereocenters. The number of carboxylic acid groups (broad SMARTS) is 1. The Bertz CT molecular complexity index is 857. The van der Waals surface area contributed by atoms with Crippen molar-refractivity contribution in [3.8, 4) is 11.5 Å². The third kappa shape index (κ3) is 7.66. The number of ether oxygens (including phenoxy) is 1. The zero-order valence-electron chi connectivity index (χ0n) is 19.5. The van der Waals surface area contributed by atoms with Crippen LogP contribution in [0.25, 0.3) is 0 Å². The van der Waals surface area contributed by atoms with Gasteiger partial charge in [0.05, 0.1) is 6.54 Å². The molecule has 0 heterocycles. The Morgan fingerprint density at radius 3 is 2.22 bits per heavy atom. The van der Waals surface area contributed by atoms with Crippen LogP contribution < -0.4 is 10.1 Å². The van der Waals surface area contributed by atoms with E-state index in [4.69, 9.17) is 4.74 Å². The number of aliphatic carboxylic acids is 1. The van der Waals surface area contributed by atoms with Gasteiger partial charge in [0.2, 0.25) is 5.91 Å². The van der Waals surface area contributed by atoms with Crippen LogP contribution in [0.1, 0.15) is 33.1 Å². The van der Waals surface area contributed by atoms with E-state index < -0.39 is 11.5 Å². The van der Waals surface area contributed by atoms with Crippen LogP contribution in [-0.4, -0.2) is 66.1 Å². The van der Waals surface area contributed by atoms with E-state index in [0.717, 1.165) is 18.6 Å². The van der Waals surface area contributed by atoms with Crippen molar-refractivity contribution in [2.75, 3.05) is 39.0 Å². The minimum atomic E-state index is -0.860. The monoisotopic (exact) mass is 441 g/mol. The number of hydrogen-bond acceptors (Lipinski definition) is 5. The Kier molecular flexibility index (Phi) is 9.68. The lowest BCUT2D eigenvalue weighted by Gasteiger charge is -2.35. The summed E-state index contributed by atoms with van der Waals surface area (Å²) in [5.41, 5.74) is -0.151. The second kappa shape index (κ2) is 12.2. The number of carbonyl (C=O) groups excluding carboxylic acids is 1. The van der Waals surface area contributed by atoms with Gasteiger partial charge in [-0.15, -0.1) is 0 Å². The molecule has 0 fully saturated rings. The quantitative estimate of drug-likeness (QED) is 0.482. The Morgan fingerprint density at radius 2 is 1.62 bits per heavy atom. The smallest absolute Gasteiger partial charge is 0.323 e. The number of benzene rings is 2. The zero-order valence-corrected chi connectivity index (χ0v) is 19.5. The third-order valence-electron chi connectivity index (χ3n) is 5.60. The van der Waals surface area contributed by atoms with Crippen LogP contribution >= 0.6 is 0 Å². The summed E-state index contributed by atoms with van der Waals surface area (Å²) in [7, 11) is 3.74. The second-order valence-corrected chi connectivity index (χ2v) is 8.33. The summed E-state index contributed by atoms with van der Waals surface area (Å²) in [6, 6.07) is 16.8. The van der Waals surface area contributed by atoms with Crippen molar-refractivity contribution in [1.29, 1.82) is 0 Å². The highest BCUT2D eigenvalue weighted by molar-refractivity contribution is 5.92. The molecule has 0 aliphatic heterocycles. The fourth-order valence-electron chi connectivity index (χ4n) is 3.53. The van der Waals surface area contributed by atoms with Crippen molar-refractivity contribution < 1.29 is 19.4 Å². The van der Waals surface area contributed by atoms with Gasteiger partial charge in [-0.2, -0.15) is 0 Å². The Labute approximate surface area is 191 Å². The van der Waals surface area contributed by atoms with E-state index in [0.29, 0.717) is 30.9 Å². The minimum Gasteiger partial charge on any atom is -0.480 e. The lowest BCUT2D eigenvalue weighted by molar-refractivity contribution is -0.150. The van der Waals surface area contributed by atoms with E-state index in [1.165, 1.54) is 0 Å². The van der Waals surface area contributed by atoms with Crippen LogP contribution in [0.3, 0.4) is 0 Å². The number of para-hydroxylation sites is 1. The van der Waals surface area contributed by atoms with Crippen LogP contribution in [0.15, 0.2) is 54.6 Å². The number of anilines is 1. The first-order valence-corrected chi connectivity index (χ1v) is 11.0. The Hall–Kier alpha value is -2.90. The average Bonchev–Trinajstić information content (AvgIpc) is 2.75. The van der Waals surface area contributed by atoms with Crippen molar-refractivity contribution >= 4 is 17.6 Å². The fourth-order valence-corrected chi connectivity index (χ4v) is 3.53. The van der Waals surface area contributed by atoms with Crippen molar-refractivity contribution in [2.24, 2.45) is 0 Å². The van der Waals surface area contributed by atoms with Crippen LogP contribution in [0.2, 0.25) is 0 Å². The highest BCUT2D eigenvalue weighted by Gasteiger charge is 2.36. The number of hydrogen-bond donors (Lipinski definition) is 2. The van der Waals surface area contributed by atoms with E-state index >= 15 is 0 Å². The lowest BCUT2D eigenvalue weighted by Crippen LogP contribution is -2.51. The molecule has 0 spiro atoms. The van der Waals surface area contributed by atoms with Crippen LogP contribution in [0, 0.1) is 0 Å². The van der Waals surface area contributed by atoms with Gasteiger partial charge in [-0.25, -0.2) is 0 Å². The molecule has 0 saturated heterocycles. The molecule has 1 amide bonds. The predicted octanol–water partition coefficient (Wildman–Crippen LogP) is 4.31. The maximum absolute atomic E-state index is 12.4. The molecule has 7 nitrogen and oxygen atoms in total. The van der Waals surface area contributed by atoms with Crippen molar-refractivity contribution in [1.82, 2.24) is 9.80 Å². The SMILES string of the molecule is CCCC(C)(C(=O)O)N(C)CCCN(C)CC(=O)Nc1ccc(Oc2ccccc2)cc1. The van der Waals surface area contributed by atoms with Gasteiger partial charge in [-0.1, -0.05) is 31.5 Å². The Balaban J connectivity index is 1.75. The summed E-state index contributed by atoms with van der Waals surface area (Å²) in [6.07, 6.45) is 2.19. The fraction of sp³-hybridized carbons (Fsp3) is 0.440. The molecule has 0 radical (unpaired) electrons. The molecular weight excluding hydrogens is 406 g/mol. The van der Waals surface area contributed by atoms with E-state index in [-0.39, 0.29) is 12.5 Å². The molecule has 2 aromatic rings. The van der Waals surface area contributed by atoms with Gasteiger partial charge in [-0.3, -0.25) is 19.4 Å². The molecule has 2 N–H and O–H groups in total. The molecule has 0 aliphatic carbocycles. The van der Waals surface area contributed by atoms with Gasteiger partial charge in [-0.05, 0) is 76.8 Å². The first-order chi connectivity index (χ1) is 15.2. The molecule has 0 aromatic heterocycles. The van der Waals surface area contributed by atoms with E-state index in [1.54, 1.807) is 6.92 Å². The minimum absolute atomic E-state index is 0.0982. The van der Waals surface area contributed by atoms with Crippen LogP contribution in [0.5, 0.6) is 11.5 Å². The van der Waals surface area contributed by atoms with Crippen molar-refractivity contribution in [3.63, 3.8) is 0 Å². The summed E-state index contributed by atoms with van der Waals surface area (Å²) in [5.74, 6) is 0.565. The number of likely N-dealkylation sites (N-methyl/N-ethyl adjacent to an activating group) is 2. The molecule has 7 heteroatoms. The molecule has 1 atom stereocenters. The van der Waals surface area contributed by atoms with E-state index in [1.807, 2.05) is 85.4 Å². The molecule has 32 heavy (non-hydrogen) atoms. The molecule has 0 saturated carbocycles. The summed E-state index contributed by atoms with van der Waals surface area (Å²) < 4.78 is 5.76. The summed E-state index contributed by atoms with van der Waals surface area (Å²) >= 11 is 0. The number of nitrogens with zero attached hydrogens (tertiary/aromatic N) is 2. The molecule has 2 aromatic carbocycles. The van der Waals surface area contributed by atoms with Gasteiger partial charge < -0.3 is 15.2 Å². The number of carbonyl (C=O) groups is 2. The van der Waals surface area contributed by atoms with Gasteiger partial charge in [0, 0.05) is 12.2 Å². The van der Waals surface area contributed by atoms with E-state index in [9.17, 15) is 14.7 Å². The summed E-state index contributed by atoms with van der Waals surface area (Å²) in [5, 5.41) is 12.5. The number of amides is 1. The maximum atomic E-state index is 12.4. The van der Waals surface area contributed by atoms with Crippen LogP contribution in [0.4, 0.5) is 5.69 Å².